The van der Waals surface area contributed by atoms with Crippen LogP contribution in [0.4, 0.5) is 0 Å². The first-order valence-corrected chi connectivity index (χ1v) is 11.0. The van der Waals surface area contributed by atoms with Crippen molar-refractivity contribution in [1.29, 1.82) is 0 Å². The van der Waals surface area contributed by atoms with Gasteiger partial charge in [0.25, 0.3) is 11.8 Å². The molecular weight excluding hydrogens is 444 g/mol. The Kier molecular flexibility index (Phi) is 7.10. The van der Waals surface area contributed by atoms with Crippen molar-refractivity contribution in [3.8, 4) is 5.75 Å². The van der Waals surface area contributed by atoms with Crippen LogP contribution in [0.15, 0.2) is 71.5 Å². The summed E-state index contributed by atoms with van der Waals surface area (Å²) in [5.74, 6) is 0.0951. The lowest BCUT2D eigenvalue weighted by Gasteiger charge is -2.32. The van der Waals surface area contributed by atoms with Gasteiger partial charge in [-0.1, -0.05) is 11.6 Å². The summed E-state index contributed by atoms with van der Waals surface area (Å²) in [6.45, 7) is 1.01. The van der Waals surface area contributed by atoms with Gasteiger partial charge in [-0.25, -0.2) is 0 Å². The Labute approximate surface area is 196 Å². The number of ether oxygens (including phenoxy) is 1. The van der Waals surface area contributed by atoms with Crippen molar-refractivity contribution in [2.45, 2.75) is 18.9 Å². The van der Waals surface area contributed by atoms with E-state index in [1.165, 1.54) is 12.5 Å². The zero-order chi connectivity index (χ0) is 23.2. The highest BCUT2D eigenvalue weighted by Crippen LogP contribution is 2.18. The number of nitrogens with one attached hydrogen (secondary N) is 1. The number of likely N-dealkylation sites (tertiary alicyclic amines) is 1. The smallest absolute Gasteiger partial charge is 0.258 e. The largest absolute Gasteiger partial charge is 0.484 e. The fraction of sp³-hybridized carbons (Fsp3) is 0.240. The zero-order valence-corrected chi connectivity index (χ0v) is 18.6. The van der Waals surface area contributed by atoms with E-state index in [4.69, 9.17) is 20.8 Å². The van der Waals surface area contributed by atoms with Crippen molar-refractivity contribution < 1.29 is 23.5 Å². The zero-order valence-electron chi connectivity index (χ0n) is 17.8. The van der Waals surface area contributed by atoms with Gasteiger partial charge in [-0.15, -0.1) is 0 Å². The Morgan fingerprint density at radius 3 is 2.18 bits per heavy atom. The van der Waals surface area contributed by atoms with Crippen LogP contribution in [0.25, 0.3) is 0 Å². The van der Waals surface area contributed by atoms with Crippen molar-refractivity contribution >= 4 is 29.2 Å². The normalized spacial score (nSPS) is 14.0. The molecule has 0 spiro atoms. The first kappa shape index (κ1) is 22.6. The molecular formula is C25H23ClN2O5. The Hall–Kier alpha value is -3.58. The average Bonchev–Trinajstić information content (AvgIpc) is 3.38. The van der Waals surface area contributed by atoms with Crippen LogP contribution in [0, 0.1) is 0 Å². The molecule has 2 aromatic carbocycles. The molecule has 0 bridgehead atoms. The topological polar surface area (TPSA) is 88.9 Å². The van der Waals surface area contributed by atoms with E-state index >= 15 is 0 Å². The highest BCUT2D eigenvalue weighted by Gasteiger charge is 2.25. The minimum atomic E-state index is -0.226. The number of nitrogens with zero attached hydrogens (tertiary/aromatic N) is 1. The lowest BCUT2D eigenvalue weighted by atomic mass is 10.0. The van der Waals surface area contributed by atoms with Crippen LogP contribution >= 0.6 is 11.6 Å². The number of halogens is 1. The van der Waals surface area contributed by atoms with E-state index < -0.39 is 0 Å². The summed E-state index contributed by atoms with van der Waals surface area (Å²) < 4.78 is 10.5. The third kappa shape index (κ3) is 5.81. The molecule has 2 amide bonds. The second-order valence-corrected chi connectivity index (χ2v) is 8.23. The third-order valence-electron chi connectivity index (χ3n) is 5.51. The van der Waals surface area contributed by atoms with Gasteiger partial charge in [0.2, 0.25) is 0 Å². The number of amides is 2. The number of benzene rings is 2. The summed E-state index contributed by atoms with van der Waals surface area (Å²) in [5, 5.41) is 3.52. The molecule has 1 aliphatic rings. The third-order valence-corrected chi connectivity index (χ3v) is 5.76. The van der Waals surface area contributed by atoms with E-state index in [9.17, 15) is 14.4 Å². The molecule has 1 aliphatic heterocycles. The minimum absolute atomic E-state index is 0.00567. The minimum Gasteiger partial charge on any atom is -0.484 e. The van der Waals surface area contributed by atoms with Crippen LogP contribution in [0.1, 0.15) is 39.1 Å². The molecule has 8 heteroatoms. The number of piperidine rings is 1. The number of hydrogen-bond acceptors (Lipinski definition) is 5. The predicted octanol–water partition coefficient (Wildman–Crippen LogP) is 3.96. The van der Waals surface area contributed by atoms with Crippen LogP contribution in [0.2, 0.25) is 5.02 Å². The SMILES string of the molecule is O=C(COc1ccc(C(=O)c2ccc(Cl)cc2)cc1)NC1CCN(C(=O)c2ccoc2)CC1. The van der Waals surface area contributed by atoms with E-state index in [-0.39, 0.29) is 30.2 Å². The van der Waals surface area contributed by atoms with E-state index in [0.29, 0.717) is 53.4 Å². The van der Waals surface area contributed by atoms with E-state index in [1.54, 1.807) is 59.5 Å². The number of hydrogen-bond donors (Lipinski definition) is 1. The molecule has 0 aliphatic carbocycles. The van der Waals surface area contributed by atoms with E-state index in [1.807, 2.05) is 0 Å². The Morgan fingerprint density at radius 1 is 0.939 bits per heavy atom. The fourth-order valence-corrected chi connectivity index (χ4v) is 3.81. The maximum absolute atomic E-state index is 12.5. The van der Waals surface area contributed by atoms with Gasteiger partial charge < -0.3 is 19.4 Å². The van der Waals surface area contributed by atoms with Crippen molar-refractivity contribution in [2.75, 3.05) is 19.7 Å². The maximum Gasteiger partial charge on any atom is 0.258 e. The monoisotopic (exact) mass is 466 g/mol. The van der Waals surface area contributed by atoms with Gasteiger partial charge in [0, 0.05) is 35.3 Å². The van der Waals surface area contributed by atoms with E-state index in [2.05, 4.69) is 5.32 Å². The summed E-state index contributed by atoms with van der Waals surface area (Å²) >= 11 is 5.86. The van der Waals surface area contributed by atoms with Gasteiger partial charge >= 0.3 is 0 Å². The second-order valence-electron chi connectivity index (χ2n) is 7.80. The molecule has 7 nitrogen and oxygen atoms in total. The van der Waals surface area contributed by atoms with Gasteiger partial charge in [0.05, 0.1) is 11.8 Å². The van der Waals surface area contributed by atoms with E-state index in [0.717, 1.165) is 0 Å². The predicted molar refractivity (Wildman–Crippen MR) is 123 cm³/mol. The molecule has 1 saturated heterocycles. The number of carbonyl (C=O) groups excluding carboxylic acids is 3. The molecule has 2 heterocycles. The molecule has 0 saturated carbocycles. The highest BCUT2D eigenvalue weighted by atomic mass is 35.5. The van der Waals surface area contributed by atoms with Crippen LogP contribution < -0.4 is 10.1 Å². The maximum atomic E-state index is 12.5. The van der Waals surface area contributed by atoms with Gasteiger partial charge in [-0.2, -0.15) is 0 Å². The number of furan rings is 1. The Morgan fingerprint density at radius 2 is 1.58 bits per heavy atom. The van der Waals surface area contributed by atoms with Crippen LogP contribution in [0.5, 0.6) is 5.75 Å². The van der Waals surface area contributed by atoms with Crippen LogP contribution in [0.3, 0.4) is 0 Å². The second kappa shape index (κ2) is 10.4. The average molecular weight is 467 g/mol. The first-order chi connectivity index (χ1) is 16.0. The quantitative estimate of drug-likeness (QED) is 0.532. The molecule has 0 atom stereocenters. The number of rotatable bonds is 7. The van der Waals surface area contributed by atoms with Crippen molar-refractivity contribution in [2.24, 2.45) is 0 Å². The molecule has 0 unspecified atom stereocenters. The molecule has 1 fully saturated rings. The molecule has 4 rings (SSSR count). The lowest BCUT2D eigenvalue weighted by molar-refractivity contribution is -0.124. The molecule has 1 aromatic heterocycles. The standard InChI is InChI=1S/C25H23ClN2O5/c26-20-5-1-17(2-6-20)24(30)18-3-7-22(8-4-18)33-16-23(29)27-21-9-12-28(13-10-21)25(31)19-11-14-32-15-19/h1-8,11,14-15,21H,9-10,12-13,16H2,(H,27,29). The van der Waals surface area contributed by atoms with Crippen LogP contribution in [-0.2, 0) is 4.79 Å². The molecule has 3 aromatic rings. The summed E-state index contributed by atoms with van der Waals surface area (Å²) in [5.41, 5.74) is 1.60. The number of carbonyl (C=O) groups is 3. The summed E-state index contributed by atoms with van der Waals surface area (Å²) in [7, 11) is 0. The molecule has 33 heavy (non-hydrogen) atoms. The van der Waals surface area contributed by atoms with Gasteiger partial charge in [-0.3, -0.25) is 14.4 Å². The summed E-state index contributed by atoms with van der Waals surface area (Å²) in [6.07, 6.45) is 4.27. The van der Waals surface area contributed by atoms with Gasteiger partial charge in [-0.05, 0) is 67.4 Å². The summed E-state index contributed by atoms with van der Waals surface area (Å²) in [4.78, 5) is 38.9. The van der Waals surface area contributed by atoms with Gasteiger partial charge in [0.1, 0.15) is 12.0 Å². The Balaban J connectivity index is 1.21. The molecule has 170 valence electrons. The fourth-order valence-electron chi connectivity index (χ4n) is 3.68. The summed E-state index contributed by atoms with van der Waals surface area (Å²) in [6, 6.07) is 15.0. The highest BCUT2D eigenvalue weighted by molar-refractivity contribution is 6.30. The van der Waals surface area contributed by atoms with Crippen molar-refractivity contribution in [1.82, 2.24) is 10.2 Å². The van der Waals surface area contributed by atoms with Crippen molar-refractivity contribution in [3.05, 3.63) is 88.8 Å². The number of ketones is 1. The lowest BCUT2D eigenvalue weighted by Crippen LogP contribution is -2.47. The molecule has 1 N–H and O–H groups in total. The van der Waals surface area contributed by atoms with Crippen molar-refractivity contribution in [3.63, 3.8) is 0 Å². The van der Waals surface area contributed by atoms with Gasteiger partial charge in [0.15, 0.2) is 12.4 Å². The first-order valence-electron chi connectivity index (χ1n) is 10.6. The Bertz CT molecular complexity index is 1100. The van der Waals surface area contributed by atoms with Crippen LogP contribution in [-0.4, -0.2) is 48.2 Å². The molecule has 0 radical (unpaired) electrons.